The molecule has 1 unspecified atom stereocenters. The maximum absolute atomic E-state index is 10.8. The number of H-pyrrole nitrogens is 1. The van der Waals surface area contributed by atoms with E-state index in [1.807, 2.05) is 30.3 Å². The van der Waals surface area contributed by atoms with Gasteiger partial charge in [-0.05, 0) is 23.8 Å². The van der Waals surface area contributed by atoms with Crippen LogP contribution in [0.3, 0.4) is 0 Å². The van der Waals surface area contributed by atoms with Gasteiger partial charge in [-0.1, -0.05) is 12.1 Å². The van der Waals surface area contributed by atoms with E-state index in [0.717, 1.165) is 16.5 Å². The highest BCUT2D eigenvalue weighted by Gasteiger charge is 2.19. The summed E-state index contributed by atoms with van der Waals surface area (Å²) < 4.78 is 0. The lowest BCUT2D eigenvalue weighted by Gasteiger charge is -2.02. The molecular formula is C13H12N4O2. The molecule has 2 heterocycles. The summed E-state index contributed by atoms with van der Waals surface area (Å²) in [5, 5.41) is 11.5. The number of nitrogen functional groups attached to an aromatic ring is 1. The van der Waals surface area contributed by atoms with E-state index in [1.165, 1.54) is 0 Å². The Hall–Kier alpha value is -2.63. The third-order valence-electron chi connectivity index (χ3n) is 3.13. The number of rotatable bonds is 2. The molecule has 0 fully saturated rings. The average molecular weight is 256 g/mol. The number of nitro groups is 1. The zero-order valence-corrected chi connectivity index (χ0v) is 10.0. The minimum Gasteiger partial charge on any atom is -0.399 e. The first kappa shape index (κ1) is 11.5. The molecule has 3 rings (SSSR count). The first-order chi connectivity index (χ1) is 9.13. The second-order valence-corrected chi connectivity index (χ2v) is 4.47. The molecule has 0 saturated carbocycles. The highest BCUT2D eigenvalue weighted by molar-refractivity contribution is 5.62. The molecule has 19 heavy (non-hydrogen) atoms. The van der Waals surface area contributed by atoms with Gasteiger partial charge in [0.25, 0.3) is 6.04 Å². The monoisotopic (exact) mass is 256 g/mol. The first-order valence-electron chi connectivity index (χ1n) is 5.88. The molecule has 0 spiro atoms. The molecule has 0 amide bonds. The molecule has 1 aliphatic rings. The number of benzene rings is 1. The Balaban J connectivity index is 2.07. The van der Waals surface area contributed by atoms with Crippen molar-refractivity contribution in [3.8, 4) is 11.3 Å². The molecule has 2 aromatic rings. The summed E-state index contributed by atoms with van der Waals surface area (Å²) in [6.07, 6.45) is 1.64. The Kier molecular flexibility index (Phi) is 2.56. The average Bonchev–Trinajstić information content (AvgIpc) is 2.82. The van der Waals surface area contributed by atoms with E-state index in [4.69, 9.17) is 5.73 Å². The van der Waals surface area contributed by atoms with E-state index in [-0.39, 0.29) is 11.5 Å². The lowest BCUT2D eigenvalue weighted by Crippen LogP contribution is -2.35. The van der Waals surface area contributed by atoms with Crippen LogP contribution in [-0.2, 0) is 0 Å². The number of hydrogen-bond acceptors (Lipinski definition) is 4. The van der Waals surface area contributed by atoms with Gasteiger partial charge in [0.15, 0.2) is 0 Å². The summed E-state index contributed by atoms with van der Waals surface area (Å²) in [4.78, 5) is 17.8. The van der Waals surface area contributed by atoms with Gasteiger partial charge in [0.2, 0.25) is 0 Å². The van der Waals surface area contributed by atoms with Gasteiger partial charge >= 0.3 is 0 Å². The van der Waals surface area contributed by atoms with Crippen LogP contribution in [0.5, 0.6) is 0 Å². The van der Waals surface area contributed by atoms with Crippen LogP contribution in [0.15, 0.2) is 35.3 Å². The van der Waals surface area contributed by atoms with Crippen molar-refractivity contribution in [3.63, 3.8) is 0 Å². The van der Waals surface area contributed by atoms with Crippen LogP contribution in [0, 0.1) is 10.1 Å². The normalized spacial score (nSPS) is 17.2. The van der Waals surface area contributed by atoms with Gasteiger partial charge in [-0.15, -0.1) is 0 Å². The summed E-state index contributed by atoms with van der Waals surface area (Å²) in [6.45, 7) is 0.182. The Morgan fingerprint density at radius 3 is 2.79 bits per heavy atom. The van der Waals surface area contributed by atoms with Crippen LogP contribution in [0.25, 0.3) is 17.3 Å². The second kappa shape index (κ2) is 4.24. The van der Waals surface area contributed by atoms with E-state index in [1.54, 1.807) is 6.08 Å². The molecule has 0 bridgehead atoms. The highest BCUT2D eigenvalue weighted by Crippen LogP contribution is 2.16. The predicted molar refractivity (Wildman–Crippen MR) is 71.5 cm³/mol. The van der Waals surface area contributed by atoms with Gasteiger partial charge in [0.1, 0.15) is 12.0 Å². The largest absolute Gasteiger partial charge is 0.399 e. The van der Waals surface area contributed by atoms with Crippen LogP contribution >= 0.6 is 0 Å². The van der Waals surface area contributed by atoms with E-state index in [9.17, 15) is 10.1 Å². The molecule has 6 nitrogen and oxygen atoms in total. The van der Waals surface area contributed by atoms with Crippen molar-refractivity contribution in [2.75, 3.05) is 12.3 Å². The zero-order valence-electron chi connectivity index (χ0n) is 10.0. The van der Waals surface area contributed by atoms with Crippen molar-refractivity contribution in [1.29, 1.82) is 0 Å². The smallest absolute Gasteiger partial charge is 0.251 e. The predicted octanol–water partition coefficient (Wildman–Crippen LogP) is 0.323. The minimum atomic E-state index is -0.734. The van der Waals surface area contributed by atoms with Crippen LogP contribution < -0.4 is 16.4 Å². The molecular weight excluding hydrogens is 244 g/mol. The number of nitrogens with one attached hydrogen (secondary N) is 1. The number of nitrogens with zero attached hydrogens (tertiary/aromatic N) is 2. The van der Waals surface area contributed by atoms with Crippen molar-refractivity contribution in [1.82, 2.24) is 4.98 Å². The van der Waals surface area contributed by atoms with Gasteiger partial charge < -0.3 is 10.7 Å². The fourth-order valence-electron chi connectivity index (χ4n) is 2.11. The molecule has 6 heteroatoms. The minimum absolute atomic E-state index is 0.182. The van der Waals surface area contributed by atoms with Gasteiger partial charge in [-0.3, -0.25) is 15.1 Å². The fourth-order valence-corrected chi connectivity index (χ4v) is 2.11. The summed E-state index contributed by atoms with van der Waals surface area (Å²) in [6, 6.07) is 8.57. The van der Waals surface area contributed by atoms with Crippen molar-refractivity contribution < 1.29 is 4.92 Å². The van der Waals surface area contributed by atoms with Crippen LogP contribution in [-0.4, -0.2) is 22.5 Å². The van der Waals surface area contributed by atoms with E-state index in [0.29, 0.717) is 11.2 Å². The van der Waals surface area contributed by atoms with E-state index in [2.05, 4.69) is 9.98 Å². The number of aromatic amines is 1. The molecule has 1 atom stereocenters. The Morgan fingerprint density at radius 1 is 1.37 bits per heavy atom. The van der Waals surface area contributed by atoms with Gasteiger partial charge in [-0.2, -0.15) is 0 Å². The maximum atomic E-state index is 10.8. The number of hydrogen-bond donors (Lipinski definition) is 2. The van der Waals surface area contributed by atoms with Crippen LogP contribution in [0.2, 0.25) is 0 Å². The topological polar surface area (TPSA) is 97.3 Å². The molecule has 96 valence electrons. The van der Waals surface area contributed by atoms with Crippen LogP contribution in [0.4, 0.5) is 5.69 Å². The standard InChI is InChI=1S/C13H12N4O2/c14-10-3-1-8(2-4-10)12-6-9-5-11(17(18)19)7-15-13(9)16-12/h1-6,11H,7,14H2,(H,15,16). The number of fused-ring (bicyclic) bond motifs is 1. The van der Waals surface area contributed by atoms with Crippen molar-refractivity contribution in [2.24, 2.45) is 4.99 Å². The van der Waals surface area contributed by atoms with E-state index >= 15 is 0 Å². The first-order valence-corrected chi connectivity index (χ1v) is 5.88. The second-order valence-electron chi connectivity index (χ2n) is 4.47. The molecule has 0 saturated heterocycles. The number of anilines is 1. The number of nitrogens with two attached hydrogens (primary N) is 1. The summed E-state index contributed by atoms with van der Waals surface area (Å²) in [5.74, 6) is 0. The Labute approximate surface area is 108 Å². The Morgan fingerprint density at radius 2 is 2.11 bits per heavy atom. The SMILES string of the molecule is Nc1ccc(-c2cc3c([nH]2)=NCC([N+](=O)[O-])C=3)cc1. The lowest BCUT2D eigenvalue weighted by molar-refractivity contribution is -0.501. The Bertz CT molecular complexity index is 746. The summed E-state index contributed by atoms with van der Waals surface area (Å²) in [7, 11) is 0. The van der Waals surface area contributed by atoms with Gasteiger partial charge in [0.05, 0.1) is 0 Å². The van der Waals surface area contributed by atoms with Crippen molar-refractivity contribution in [3.05, 3.63) is 51.2 Å². The maximum Gasteiger partial charge on any atom is 0.251 e. The van der Waals surface area contributed by atoms with E-state index < -0.39 is 6.04 Å². The molecule has 3 N–H and O–H groups in total. The molecule has 0 aliphatic carbocycles. The van der Waals surface area contributed by atoms with Crippen LogP contribution in [0.1, 0.15) is 0 Å². The van der Waals surface area contributed by atoms with Crippen molar-refractivity contribution in [2.45, 2.75) is 6.04 Å². The third-order valence-corrected chi connectivity index (χ3v) is 3.13. The zero-order chi connectivity index (χ0) is 13.4. The summed E-state index contributed by atoms with van der Waals surface area (Å²) in [5.41, 5.74) is 8.90. The lowest BCUT2D eigenvalue weighted by atomic mass is 10.1. The molecule has 1 aromatic heterocycles. The van der Waals surface area contributed by atoms with Gasteiger partial charge in [0, 0.05) is 27.6 Å². The molecule has 1 aromatic carbocycles. The molecule has 0 radical (unpaired) electrons. The molecule has 1 aliphatic heterocycles. The fraction of sp³-hybridized carbons (Fsp3) is 0.154. The van der Waals surface area contributed by atoms with Gasteiger partial charge in [-0.25, -0.2) is 0 Å². The third kappa shape index (κ3) is 2.08. The summed E-state index contributed by atoms with van der Waals surface area (Å²) >= 11 is 0. The number of aromatic nitrogens is 1. The highest BCUT2D eigenvalue weighted by atomic mass is 16.6. The quantitative estimate of drug-likeness (QED) is 0.460. The van der Waals surface area contributed by atoms with Crippen molar-refractivity contribution >= 4 is 11.8 Å².